The van der Waals surface area contributed by atoms with Crippen molar-refractivity contribution in [3.05, 3.63) is 35.9 Å². The number of amides is 1. The first kappa shape index (κ1) is 11.3. The molecule has 1 aromatic rings. The lowest BCUT2D eigenvalue weighted by molar-refractivity contribution is -0.121. The molecule has 0 heterocycles. The van der Waals surface area contributed by atoms with Crippen molar-refractivity contribution in [1.82, 2.24) is 5.32 Å². The second-order valence-corrected chi connectivity index (χ2v) is 3.98. The van der Waals surface area contributed by atoms with E-state index in [9.17, 15) is 4.79 Å². The summed E-state index contributed by atoms with van der Waals surface area (Å²) in [6.07, 6.45) is 5.65. The second kappa shape index (κ2) is 4.65. The Kier molecular flexibility index (Phi) is 3.51. The van der Waals surface area contributed by atoms with Gasteiger partial charge in [0.1, 0.15) is 0 Å². The fraction of sp³-hybridized carbons (Fsp3) is 0.308. The van der Waals surface area contributed by atoms with Crippen LogP contribution >= 0.6 is 0 Å². The SMILES string of the molecule is C#CC(C)(C)NC(=O)Cc1ccccc1. The number of nitrogens with one attached hydrogen (secondary N) is 1. The molecule has 1 rings (SSSR count). The molecule has 2 heteroatoms. The Morgan fingerprint density at radius 3 is 2.53 bits per heavy atom. The molecular weight excluding hydrogens is 186 g/mol. The van der Waals surface area contributed by atoms with Gasteiger partial charge in [0, 0.05) is 0 Å². The largest absolute Gasteiger partial charge is 0.340 e. The number of benzene rings is 1. The molecule has 1 aromatic carbocycles. The maximum absolute atomic E-state index is 11.6. The Balaban J connectivity index is 2.55. The van der Waals surface area contributed by atoms with Gasteiger partial charge in [0.25, 0.3) is 0 Å². The average molecular weight is 201 g/mol. The maximum atomic E-state index is 11.6. The molecule has 0 spiro atoms. The first-order valence-electron chi connectivity index (χ1n) is 4.86. The lowest BCUT2D eigenvalue weighted by Gasteiger charge is -2.19. The summed E-state index contributed by atoms with van der Waals surface area (Å²) in [4.78, 5) is 11.6. The van der Waals surface area contributed by atoms with E-state index in [1.54, 1.807) is 13.8 Å². The number of terminal acetylenes is 1. The fourth-order valence-corrected chi connectivity index (χ4v) is 1.21. The molecule has 1 amide bonds. The van der Waals surface area contributed by atoms with Crippen molar-refractivity contribution in [2.24, 2.45) is 0 Å². The van der Waals surface area contributed by atoms with Crippen LogP contribution in [0.2, 0.25) is 0 Å². The molecule has 0 bridgehead atoms. The van der Waals surface area contributed by atoms with Gasteiger partial charge in [-0.1, -0.05) is 36.3 Å². The Hall–Kier alpha value is -1.75. The van der Waals surface area contributed by atoms with Crippen molar-refractivity contribution in [3.63, 3.8) is 0 Å². The number of rotatable bonds is 3. The summed E-state index contributed by atoms with van der Waals surface area (Å²) >= 11 is 0. The standard InChI is InChI=1S/C13H15NO/c1-4-13(2,3)14-12(15)10-11-8-6-5-7-9-11/h1,5-9H,10H2,2-3H3,(H,14,15). The number of hydrogen-bond donors (Lipinski definition) is 1. The predicted octanol–water partition coefficient (Wildman–Crippen LogP) is 1.76. The molecule has 0 unspecified atom stereocenters. The highest BCUT2D eigenvalue weighted by molar-refractivity contribution is 5.79. The second-order valence-electron chi connectivity index (χ2n) is 3.98. The first-order chi connectivity index (χ1) is 7.03. The zero-order chi connectivity index (χ0) is 11.3. The van der Waals surface area contributed by atoms with Crippen molar-refractivity contribution in [2.75, 3.05) is 0 Å². The van der Waals surface area contributed by atoms with Gasteiger partial charge in [-0.05, 0) is 19.4 Å². The molecule has 78 valence electrons. The molecule has 0 saturated carbocycles. The van der Waals surface area contributed by atoms with E-state index in [2.05, 4.69) is 11.2 Å². The van der Waals surface area contributed by atoms with Crippen molar-refractivity contribution < 1.29 is 4.79 Å². The van der Waals surface area contributed by atoms with Crippen LogP contribution in [0, 0.1) is 12.3 Å². The predicted molar refractivity (Wildman–Crippen MR) is 61.2 cm³/mol. The van der Waals surface area contributed by atoms with E-state index in [4.69, 9.17) is 6.42 Å². The van der Waals surface area contributed by atoms with Gasteiger partial charge in [0.2, 0.25) is 5.91 Å². The normalized spacial score (nSPS) is 10.5. The number of carbonyl (C=O) groups excluding carboxylic acids is 1. The summed E-state index contributed by atoms with van der Waals surface area (Å²) in [5.74, 6) is 2.47. The van der Waals surface area contributed by atoms with Gasteiger partial charge >= 0.3 is 0 Å². The van der Waals surface area contributed by atoms with Crippen LogP contribution in [0.5, 0.6) is 0 Å². The maximum Gasteiger partial charge on any atom is 0.225 e. The molecule has 0 saturated heterocycles. The molecule has 0 aliphatic heterocycles. The minimum atomic E-state index is -0.578. The summed E-state index contributed by atoms with van der Waals surface area (Å²) in [5.41, 5.74) is 0.411. The molecule has 1 N–H and O–H groups in total. The van der Waals surface area contributed by atoms with E-state index in [1.807, 2.05) is 30.3 Å². The van der Waals surface area contributed by atoms with Gasteiger partial charge in [-0.3, -0.25) is 4.79 Å². The first-order valence-corrected chi connectivity index (χ1v) is 4.86. The third kappa shape index (κ3) is 3.86. The van der Waals surface area contributed by atoms with Crippen LogP contribution in [0.15, 0.2) is 30.3 Å². The summed E-state index contributed by atoms with van der Waals surface area (Å²) in [7, 11) is 0. The van der Waals surface area contributed by atoms with E-state index < -0.39 is 5.54 Å². The van der Waals surface area contributed by atoms with Crippen LogP contribution in [0.25, 0.3) is 0 Å². The van der Waals surface area contributed by atoms with Gasteiger partial charge < -0.3 is 5.32 Å². The van der Waals surface area contributed by atoms with E-state index in [0.717, 1.165) is 5.56 Å². The smallest absolute Gasteiger partial charge is 0.225 e. The monoisotopic (exact) mass is 201 g/mol. The minimum absolute atomic E-state index is 0.0517. The Morgan fingerprint density at radius 1 is 1.40 bits per heavy atom. The van der Waals surface area contributed by atoms with Crippen LogP contribution in [-0.2, 0) is 11.2 Å². The molecule has 0 aliphatic rings. The topological polar surface area (TPSA) is 29.1 Å². The third-order valence-electron chi connectivity index (χ3n) is 2.02. The Morgan fingerprint density at radius 2 is 2.00 bits per heavy atom. The summed E-state index contributed by atoms with van der Waals surface area (Å²) in [6, 6.07) is 9.58. The van der Waals surface area contributed by atoms with Gasteiger partial charge in [-0.25, -0.2) is 0 Å². The lowest BCUT2D eigenvalue weighted by atomic mass is 10.1. The van der Waals surface area contributed by atoms with E-state index in [0.29, 0.717) is 6.42 Å². The van der Waals surface area contributed by atoms with E-state index in [-0.39, 0.29) is 5.91 Å². The molecule has 0 atom stereocenters. The highest BCUT2D eigenvalue weighted by Crippen LogP contribution is 2.03. The molecule has 0 aromatic heterocycles. The van der Waals surface area contributed by atoms with Crippen LogP contribution in [-0.4, -0.2) is 11.4 Å². The lowest BCUT2D eigenvalue weighted by Crippen LogP contribution is -2.42. The summed E-state index contributed by atoms with van der Waals surface area (Å²) in [5, 5.41) is 2.78. The van der Waals surface area contributed by atoms with Crippen molar-refractivity contribution >= 4 is 5.91 Å². The zero-order valence-corrected chi connectivity index (χ0v) is 9.08. The van der Waals surface area contributed by atoms with Crippen molar-refractivity contribution in [3.8, 4) is 12.3 Å². The van der Waals surface area contributed by atoms with Crippen molar-refractivity contribution in [2.45, 2.75) is 25.8 Å². The molecule has 15 heavy (non-hydrogen) atoms. The molecule has 2 nitrogen and oxygen atoms in total. The zero-order valence-electron chi connectivity index (χ0n) is 9.08. The van der Waals surface area contributed by atoms with E-state index >= 15 is 0 Å². The van der Waals surface area contributed by atoms with Gasteiger partial charge in [-0.15, -0.1) is 6.42 Å². The summed E-state index contributed by atoms with van der Waals surface area (Å²) < 4.78 is 0. The molecule has 0 fully saturated rings. The van der Waals surface area contributed by atoms with Crippen LogP contribution < -0.4 is 5.32 Å². The quantitative estimate of drug-likeness (QED) is 0.742. The van der Waals surface area contributed by atoms with Crippen LogP contribution in [0.3, 0.4) is 0 Å². The molecule has 0 aliphatic carbocycles. The molecular formula is C13H15NO. The van der Waals surface area contributed by atoms with Crippen molar-refractivity contribution in [1.29, 1.82) is 0 Å². The van der Waals surface area contributed by atoms with E-state index in [1.165, 1.54) is 0 Å². The van der Waals surface area contributed by atoms with Gasteiger partial charge in [0.15, 0.2) is 0 Å². The fourth-order valence-electron chi connectivity index (χ4n) is 1.21. The van der Waals surface area contributed by atoms with Gasteiger partial charge in [-0.2, -0.15) is 0 Å². The Labute approximate surface area is 90.7 Å². The number of carbonyl (C=O) groups is 1. The minimum Gasteiger partial charge on any atom is -0.340 e. The molecule has 0 radical (unpaired) electrons. The third-order valence-corrected chi connectivity index (χ3v) is 2.02. The highest BCUT2D eigenvalue weighted by atomic mass is 16.1. The number of hydrogen-bond acceptors (Lipinski definition) is 1. The average Bonchev–Trinajstić information content (AvgIpc) is 2.18. The highest BCUT2D eigenvalue weighted by Gasteiger charge is 2.16. The van der Waals surface area contributed by atoms with Crippen LogP contribution in [0.1, 0.15) is 19.4 Å². The Bertz CT molecular complexity index is 373. The van der Waals surface area contributed by atoms with Crippen LogP contribution in [0.4, 0.5) is 0 Å². The summed E-state index contributed by atoms with van der Waals surface area (Å²) in [6.45, 7) is 3.60. The van der Waals surface area contributed by atoms with Gasteiger partial charge in [0.05, 0.1) is 12.0 Å².